The third-order valence-corrected chi connectivity index (χ3v) is 3.17. The number of likely N-dealkylation sites (tertiary alicyclic amines) is 1. The van der Waals surface area contributed by atoms with Gasteiger partial charge in [-0.2, -0.15) is 0 Å². The predicted octanol–water partition coefficient (Wildman–Crippen LogP) is 3.42. The Balaban J connectivity index is 2.07. The summed E-state index contributed by atoms with van der Waals surface area (Å²) in [6.45, 7) is 5.21. The minimum absolute atomic E-state index is 0.0569. The number of carbonyl (C=O) groups is 1. The summed E-state index contributed by atoms with van der Waals surface area (Å²) in [6.07, 6.45) is -0.852. The molecular weight excluding hydrogens is 236 g/mol. The van der Waals surface area contributed by atoms with Gasteiger partial charge in [-0.25, -0.2) is 8.78 Å². The minimum atomic E-state index is -2.49. The summed E-state index contributed by atoms with van der Waals surface area (Å²) in [5.41, 5.74) is 1.57. The highest BCUT2D eigenvalue weighted by molar-refractivity contribution is 5.94. The number of benzene rings is 1. The van der Waals surface area contributed by atoms with E-state index in [0.717, 1.165) is 18.4 Å². The van der Waals surface area contributed by atoms with Crippen LogP contribution in [-0.2, 0) is 0 Å². The zero-order valence-corrected chi connectivity index (χ0v) is 10.0. The molecule has 0 aromatic heterocycles. The van der Waals surface area contributed by atoms with E-state index in [1.807, 2.05) is 0 Å². The molecule has 1 saturated heterocycles. The summed E-state index contributed by atoms with van der Waals surface area (Å²) < 4.78 is 24.8. The van der Waals surface area contributed by atoms with Crippen LogP contribution in [-0.4, -0.2) is 23.9 Å². The molecule has 1 aromatic carbocycles. The number of nitrogens with zero attached hydrogens (tertiary/aromatic N) is 1. The second-order valence-corrected chi connectivity index (χ2v) is 4.46. The van der Waals surface area contributed by atoms with Crippen molar-refractivity contribution >= 4 is 5.91 Å². The SMILES string of the molecule is C=C1CCN(C(=O)c2ccc(C(F)F)cc2)CC1. The van der Waals surface area contributed by atoms with Crippen molar-refractivity contribution in [2.45, 2.75) is 19.3 Å². The second kappa shape index (κ2) is 5.29. The zero-order valence-electron chi connectivity index (χ0n) is 10.0. The van der Waals surface area contributed by atoms with Crippen molar-refractivity contribution < 1.29 is 13.6 Å². The quantitative estimate of drug-likeness (QED) is 0.737. The van der Waals surface area contributed by atoms with Gasteiger partial charge in [0.05, 0.1) is 0 Å². The number of carbonyl (C=O) groups excluding carboxylic acids is 1. The largest absolute Gasteiger partial charge is 0.338 e. The van der Waals surface area contributed by atoms with E-state index in [-0.39, 0.29) is 11.5 Å². The van der Waals surface area contributed by atoms with Crippen LogP contribution in [0.4, 0.5) is 8.78 Å². The first kappa shape index (κ1) is 12.7. The average Bonchev–Trinajstić information content (AvgIpc) is 2.39. The van der Waals surface area contributed by atoms with Gasteiger partial charge >= 0.3 is 0 Å². The topological polar surface area (TPSA) is 20.3 Å². The van der Waals surface area contributed by atoms with Gasteiger partial charge in [0.1, 0.15) is 0 Å². The number of hydrogen-bond donors (Lipinski definition) is 0. The van der Waals surface area contributed by atoms with Gasteiger partial charge in [0.15, 0.2) is 0 Å². The highest BCUT2D eigenvalue weighted by Crippen LogP contribution is 2.20. The molecule has 1 aliphatic rings. The molecule has 1 heterocycles. The third-order valence-electron chi connectivity index (χ3n) is 3.17. The van der Waals surface area contributed by atoms with Crippen LogP contribution < -0.4 is 0 Å². The van der Waals surface area contributed by atoms with Crippen LogP contribution in [0.25, 0.3) is 0 Å². The third kappa shape index (κ3) is 2.75. The Labute approximate surface area is 105 Å². The van der Waals surface area contributed by atoms with E-state index in [1.54, 1.807) is 4.90 Å². The summed E-state index contributed by atoms with van der Waals surface area (Å²) >= 11 is 0. The van der Waals surface area contributed by atoms with Crippen LogP contribution in [0.5, 0.6) is 0 Å². The van der Waals surface area contributed by atoms with Crippen molar-refractivity contribution in [2.24, 2.45) is 0 Å². The van der Waals surface area contributed by atoms with Gasteiger partial charge in [-0.15, -0.1) is 0 Å². The molecule has 0 atom stereocenters. The number of piperidine rings is 1. The molecule has 1 fully saturated rings. The van der Waals surface area contributed by atoms with Crippen LogP contribution in [0.1, 0.15) is 35.2 Å². The van der Waals surface area contributed by atoms with Crippen LogP contribution in [0, 0.1) is 0 Å². The molecule has 0 unspecified atom stereocenters. The summed E-state index contributed by atoms with van der Waals surface area (Å²) in [5, 5.41) is 0. The van der Waals surface area contributed by atoms with E-state index in [4.69, 9.17) is 0 Å². The van der Waals surface area contributed by atoms with Gasteiger partial charge in [-0.1, -0.05) is 24.3 Å². The fraction of sp³-hybridized carbons (Fsp3) is 0.357. The van der Waals surface area contributed by atoms with E-state index in [1.165, 1.54) is 24.3 Å². The predicted molar refractivity (Wildman–Crippen MR) is 65.7 cm³/mol. The van der Waals surface area contributed by atoms with E-state index >= 15 is 0 Å². The number of alkyl halides is 2. The normalized spacial score (nSPS) is 16.2. The number of halogens is 2. The van der Waals surface area contributed by atoms with Gasteiger partial charge in [0.25, 0.3) is 12.3 Å². The fourth-order valence-electron chi connectivity index (χ4n) is 1.98. The zero-order chi connectivity index (χ0) is 13.1. The number of hydrogen-bond acceptors (Lipinski definition) is 1. The molecule has 0 N–H and O–H groups in total. The smallest absolute Gasteiger partial charge is 0.263 e. The lowest BCUT2D eigenvalue weighted by atomic mass is 10.0. The van der Waals surface area contributed by atoms with Crippen LogP contribution in [0.2, 0.25) is 0 Å². The molecule has 1 amide bonds. The maximum absolute atomic E-state index is 12.4. The first-order valence-corrected chi connectivity index (χ1v) is 5.92. The Kier molecular flexibility index (Phi) is 3.75. The van der Waals surface area contributed by atoms with Crippen LogP contribution >= 0.6 is 0 Å². The molecular formula is C14H15F2NO. The van der Waals surface area contributed by atoms with Crippen molar-refractivity contribution in [1.29, 1.82) is 0 Å². The maximum Gasteiger partial charge on any atom is 0.263 e. The monoisotopic (exact) mass is 251 g/mol. The Hall–Kier alpha value is -1.71. The number of rotatable bonds is 2. The molecule has 2 rings (SSSR count). The van der Waals surface area contributed by atoms with Gasteiger partial charge in [-0.05, 0) is 25.0 Å². The molecule has 0 bridgehead atoms. The van der Waals surface area contributed by atoms with Crippen molar-refractivity contribution in [3.8, 4) is 0 Å². The van der Waals surface area contributed by atoms with Crippen molar-refractivity contribution in [3.63, 3.8) is 0 Å². The Morgan fingerprint density at radius 3 is 2.22 bits per heavy atom. The molecule has 96 valence electrons. The molecule has 1 aromatic rings. The number of amides is 1. The standard InChI is InChI=1S/C14H15F2NO/c1-10-6-8-17(9-7-10)14(18)12-4-2-11(3-5-12)13(15)16/h2-5,13H,1,6-9H2. The first-order chi connectivity index (χ1) is 8.58. The molecule has 0 spiro atoms. The van der Waals surface area contributed by atoms with Crippen molar-refractivity contribution in [2.75, 3.05) is 13.1 Å². The molecule has 1 aliphatic heterocycles. The van der Waals surface area contributed by atoms with Crippen LogP contribution in [0.3, 0.4) is 0 Å². The first-order valence-electron chi connectivity index (χ1n) is 5.92. The van der Waals surface area contributed by atoms with Gasteiger partial charge in [-0.3, -0.25) is 4.79 Å². The molecule has 0 aliphatic carbocycles. The lowest BCUT2D eigenvalue weighted by Gasteiger charge is -2.28. The molecule has 2 nitrogen and oxygen atoms in total. The van der Waals surface area contributed by atoms with Gasteiger partial charge in [0, 0.05) is 24.2 Å². The lowest BCUT2D eigenvalue weighted by Crippen LogP contribution is -2.36. The van der Waals surface area contributed by atoms with Crippen LogP contribution in [0.15, 0.2) is 36.4 Å². The summed E-state index contributed by atoms with van der Waals surface area (Å²) in [5.74, 6) is -0.0942. The molecule has 4 heteroatoms. The van der Waals surface area contributed by atoms with E-state index in [0.29, 0.717) is 18.7 Å². The van der Waals surface area contributed by atoms with Crippen molar-refractivity contribution in [1.82, 2.24) is 4.90 Å². The Morgan fingerprint density at radius 2 is 1.72 bits per heavy atom. The maximum atomic E-state index is 12.4. The second-order valence-electron chi connectivity index (χ2n) is 4.46. The van der Waals surface area contributed by atoms with E-state index < -0.39 is 6.43 Å². The molecule has 0 saturated carbocycles. The molecule has 18 heavy (non-hydrogen) atoms. The Morgan fingerprint density at radius 1 is 1.17 bits per heavy atom. The van der Waals surface area contributed by atoms with Gasteiger partial charge in [0.2, 0.25) is 0 Å². The fourth-order valence-corrected chi connectivity index (χ4v) is 1.98. The van der Waals surface area contributed by atoms with Gasteiger partial charge < -0.3 is 4.90 Å². The average molecular weight is 251 g/mol. The molecule has 0 radical (unpaired) electrons. The van der Waals surface area contributed by atoms with E-state index in [9.17, 15) is 13.6 Å². The lowest BCUT2D eigenvalue weighted by molar-refractivity contribution is 0.0743. The Bertz CT molecular complexity index is 443. The van der Waals surface area contributed by atoms with E-state index in [2.05, 4.69) is 6.58 Å². The highest BCUT2D eigenvalue weighted by atomic mass is 19.3. The summed E-state index contributed by atoms with van der Waals surface area (Å²) in [7, 11) is 0. The van der Waals surface area contributed by atoms with Crippen molar-refractivity contribution in [3.05, 3.63) is 47.5 Å². The minimum Gasteiger partial charge on any atom is -0.338 e. The summed E-state index contributed by atoms with van der Waals surface area (Å²) in [6, 6.07) is 5.54. The highest BCUT2D eigenvalue weighted by Gasteiger charge is 2.19. The summed E-state index contributed by atoms with van der Waals surface area (Å²) in [4.78, 5) is 13.8.